The Balaban J connectivity index is 2.12. The van der Waals surface area contributed by atoms with Crippen molar-refractivity contribution in [3.05, 3.63) is 52.0 Å². The van der Waals surface area contributed by atoms with E-state index in [-0.39, 0.29) is 34.3 Å². The van der Waals surface area contributed by atoms with Crippen molar-refractivity contribution in [1.29, 1.82) is 5.26 Å². The smallest absolute Gasteiger partial charge is 0.340 e. The molecule has 9 heteroatoms. The Labute approximate surface area is 178 Å². The molecule has 0 saturated carbocycles. The summed E-state index contributed by atoms with van der Waals surface area (Å²) >= 11 is 11.8. The fourth-order valence-electron chi connectivity index (χ4n) is 2.49. The van der Waals surface area contributed by atoms with Crippen molar-refractivity contribution in [2.75, 3.05) is 30.4 Å². The third-order valence-electron chi connectivity index (χ3n) is 3.85. The first kappa shape index (κ1) is 22.3. The number of amides is 1. The third kappa shape index (κ3) is 6.01. The van der Waals surface area contributed by atoms with Crippen LogP contribution in [0.5, 0.6) is 5.75 Å². The average Bonchev–Trinajstić information content (AvgIpc) is 2.70. The molecule has 152 valence electrons. The number of nitrogens with zero attached hydrogens (tertiary/aromatic N) is 2. The van der Waals surface area contributed by atoms with Crippen molar-refractivity contribution in [3.8, 4) is 11.8 Å². The van der Waals surface area contributed by atoms with Crippen molar-refractivity contribution < 1.29 is 19.1 Å². The van der Waals surface area contributed by atoms with Crippen molar-refractivity contribution in [3.63, 3.8) is 0 Å². The number of hydrogen-bond acceptors (Lipinski definition) is 6. The Bertz CT molecular complexity index is 927. The number of anilines is 2. The molecule has 0 saturated heterocycles. The SMILES string of the molecule is CCOc1ccc(N(CCC#N)C(=O)COC(=O)c2cc(Cl)cc(Cl)c2N)cc1. The molecule has 1 amide bonds. The molecule has 0 radical (unpaired) electrons. The number of carbonyl (C=O) groups is 2. The first-order valence-electron chi connectivity index (χ1n) is 8.69. The maximum absolute atomic E-state index is 12.6. The fraction of sp³-hybridized carbons (Fsp3) is 0.250. The largest absolute Gasteiger partial charge is 0.494 e. The van der Waals surface area contributed by atoms with Gasteiger partial charge in [0.2, 0.25) is 0 Å². The predicted octanol–water partition coefficient (Wildman–Crippen LogP) is 4.08. The lowest BCUT2D eigenvalue weighted by atomic mass is 10.2. The molecule has 0 aromatic heterocycles. The van der Waals surface area contributed by atoms with E-state index in [4.69, 9.17) is 43.7 Å². The number of nitrogens with two attached hydrogens (primary N) is 1. The number of esters is 1. The van der Waals surface area contributed by atoms with Gasteiger partial charge >= 0.3 is 5.97 Å². The Morgan fingerprint density at radius 3 is 2.52 bits per heavy atom. The van der Waals surface area contributed by atoms with Gasteiger partial charge in [-0.3, -0.25) is 4.79 Å². The molecular weight excluding hydrogens is 417 g/mol. The van der Waals surface area contributed by atoms with E-state index in [1.165, 1.54) is 17.0 Å². The number of ether oxygens (including phenoxy) is 2. The van der Waals surface area contributed by atoms with Crippen LogP contribution in [0.4, 0.5) is 11.4 Å². The Hall–Kier alpha value is -2.95. The van der Waals surface area contributed by atoms with Gasteiger partial charge in [-0.05, 0) is 43.3 Å². The zero-order valence-electron chi connectivity index (χ0n) is 15.7. The van der Waals surface area contributed by atoms with Gasteiger partial charge < -0.3 is 20.1 Å². The third-order valence-corrected chi connectivity index (χ3v) is 4.38. The topological polar surface area (TPSA) is 106 Å². The van der Waals surface area contributed by atoms with Crippen molar-refractivity contribution in [2.24, 2.45) is 0 Å². The number of halogens is 2. The van der Waals surface area contributed by atoms with Crippen LogP contribution in [0.2, 0.25) is 10.0 Å². The van der Waals surface area contributed by atoms with Crippen molar-refractivity contribution in [2.45, 2.75) is 13.3 Å². The maximum Gasteiger partial charge on any atom is 0.340 e. The van der Waals surface area contributed by atoms with E-state index < -0.39 is 18.5 Å². The Kier molecular flexibility index (Phi) is 8.13. The second-order valence-electron chi connectivity index (χ2n) is 5.81. The normalized spacial score (nSPS) is 10.1. The summed E-state index contributed by atoms with van der Waals surface area (Å²) in [5.41, 5.74) is 6.32. The second-order valence-corrected chi connectivity index (χ2v) is 6.65. The molecule has 0 heterocycles. The van der Waals surface area contributed by atoms with Crippen molar-refractivity contribution >= 4 is 46.5 Å². The van der Waals surface area contributed by atoms with Gasteiger partial charge in [-0.15, -0.1) is 0 Å². The van der Waals surface area contributed by atoms with E-state index in [0.29, 0.717) is 18.0 Å². The van der Waals surface area contributed by atoms with Crippen LogP contribution in [0.25, 0.3) is 0 Å². The average molecular weight is 436 g/mol. The first-order valence-corrected chi connectivity index (χ1v) is 9.44. The van der Waals surface area contributed by atoms with Crippen LogP contribution in [-0.2, 0) is 9.53 Å². The summed E-state index contributed by atoms with van der Waals surface area (Å²) in [6, 6.07) is 11.5. The molecule has 7 nitrogen and oxygen atoms in total. The second kappa shape index (κ2) is 10.6. The lowest BCUT2D eigenvalue weighted by Gasteiger charge is -2.22. The van der Waals surface area contributed by atoms with Gasteiger partial charge in [0.25, 0.3) is 5.91 Å². The van der Waals surface area contributed by atoms with Crippen LogP contribution < -0.4 is 15.4 Å². The number of carbonyl (C=O) groups excluding carboxylic acids is 2. The Morgan fingerprint density at radius 2 is 1.90 bits per heavy atom. The molecule has 0 spiro atoms. The van der Waals surface area contributed by atoms with Gasteiger partial charge in [-0.2, -0.15) is 5.26 Å². The molecule has 29 heavy (non-hydrogen) atoms. The van der Waals surface area contributed by atoms with E-state index in [0.717, 1.165) is 0 Å². The molecule has 0 unspecified atom stereocenters. The van der Waals surface area contributed by atoms with Crippen LogP contribution in [0, 0.1) is 11.3 Å². The number of rotatable bonds is 8. The molecule has 0 fully saturated rings. The number of nitrogen functional groups attached to an aromatic ring is 1. The van der Waals surface area contributed by atoms with E-state index in [1.807, 2.05) is 13.0 Å². The monoisotopic (exact) mass is 435 g/mol. The van der Waals surface area contributed by atoms with Gasteiger partial charge in [0.05, 0.1) is 35.4 Å². The highest BCUT2D eigenvalue weighted by atomic mass is 35.5. The van der Waals surface area contributed by atoms with Crippen LogP contribution >= 0.6 is 23.2 Å². The predicted molar refractivity (Wildman–Crippen MR) is 111 cm³/mol. The van der Waals surface area contributed by atoms with Crippen LogP contribution in [-0.4, -0.2) is 31.6 Å². The molecule has 2 N–H and O–H groups in total. The van der Waals surface area contributed by atoms with E-state index in [1.54, 1.807) is 24.3 Å². The zero-order chi connectivity index (χ0) is 21.4. The zero-order valence-corrected chi connectivity index (χ0v) is 17.2. The number of nitriles is 1. The number of benzene rings is 2. The van der Waals surface area contributed by atoms with Gasteiger partial charge in [-0.25, -0.2) is 4.79 Å². The standard InChI is InChI=1S/C20H19Cl2N3O4/c1-2-28-15-6-4-14(5-7-15)25(9-3-8-23)18(26)12-29-20(27)16-10-13(21)11-17(22)19(16)24/h4-7,10-11H,2-3,9,12,24H2,1H3. The summed E-state index contributed by atoms with van der Waals surface area (Å²) in [6.07, 6.45) is 0.115. The summed E-state index contributed by atoms with van der Waals surface area (Å²) in [6.45, 7) is 1.99. The van der Waals surface area contributed by atoms with E-state index in [2.05, 4.69) is 0 Å². The minimum Gasteiger partial charge on any atom is -0.494 e. The summed E-state index contributed by atoms with van der Waals surface area (Å²) in [5, 5.41) is 9.20. The quantitative estimate of drug-likeness (QED) is 0.494. The molecule has 0 atom stereocenters. The van der Waals surface area contributed by atoms with Gasteiger partial charge in [0, 0.05) is 17.3 Å². The summed E-state index contributed by atoms with van der Waals surface area (Å²) < 4.78 is 10.5. The van der Waals surface area contributed by atoms with Crippen LogP contribution in [0.15, 0.2) is 36.4 Å². The van der Waals surface area contributed by atoms with Crippen LogP contribution in [0.1, 0.15) is 23.7 Å². The molecule has 0 aliphatic carbocycles. The van der Waals surface area contributed by atoms with Gasteiger partial charge in [0.15, 0.2) is 6.61 Å². The van der Waals surface area contributed by atoms with Gasteiger partial charge in [0.1, 0.15) is 5.75 Å². The Morgan fingerprint density at radius 1 is 1.21 bits per heavy atom. The molecule has 2 rings (SSSR count). The van der Waals surface area contributed by atoms with Gasteiger partial charge in [-0.1, -0.05) is 23.2 Å². The summed E-state index contributed by atoms with van der Waals surface area (Å²) in [4.78, 5) is 26.3. The molecule has 2 aromatic rings. The van der Waals surface area contributed by atoms with E-state index in [9.17, 15) is 9.59 Å². The molecule has 2 aromatic carbocycles. The van der Waals surface area contributed by atoms with Crippen molar-refractivity contribution in [1.82, 2.24) is 0 Å². The highest BCUT2D eigenvalue weighted by Crippen LogP contribution is 2.28. The molecule has 0 aliphatic heterocycles. The highest BCUT2D eigenvalue weighted by molar-refractivity contribution is 6.37. The number of hydrogen-bond donors (Lipinski definition) is 1. The minimum absolute atomic E-state index is 0.0152. The summed E-state index contributed by atoms with van der Waals surface area (Å²) in [7, 11) is 0. The first-order chi connectivity index (χ1) is 13.9. The molecule has 0 aliphatic rings. The molecular formula is C20H19Cl2N3O4. The maximum atomic E-state index is 12.6. The van der Waals surface area contributed by atoms with Crippen LogP contribution in [0.3, 0.4) is 0 Å². The molecule has 0 bridgehead atoms. The van der Waals surface area contributed by atoms with E-state index >= 15 is 0 Å². The minimum atomic E-state index is -0.827. The highest BCUT2D eigenvalue weighted by Gasteiger charge is 2.20. The lowest BCUT2D eigenvalue weighted by Crippen LogP contribution is -2.35. The summed E-state index contributed by atoms with van der Waals surface area (Å²) in [5.74, 6) is -0.666. The lowest BCUT2D eigenvalue weighted by molar-refractivity contribution is -0.121. The fourth-order valence-corrected chi connectivity index (χ4v) is 2.98.